The van der Waals surface area contributed by atoms with Gasteiger partial charge >= 0.3 is 0 Å². The van der Waals surface area contributed by atoms with Crippen LogP contribution in [0.25, 0.3) is 0 Å². The zero-order valence-corrected chi connectivity index (χ0v) is 18.9. The van der Waals surface area contributed by atoms with E-state index in [-0.39, 0.29) is 24.0 Å². The number of nitrogens with zero attached hydrogens (tertiary/aromatic N) is 2. The molecule has 0 amide bonds. The number of guanidine groups is 1. The Balaban J connectivity index is 0.00000338. The summed E-state index contributed by atoms with van der Waals surface area (Å²) in [6, 6.07) is 6.32. The molecule has 1 aliphatic rings. The summed E-state index contributed by atoms with van der Waals surface area (Å²) in [5, 5.41) is 3.43. The quantitative estimate of drug-likeness (QED) is 0.353. The highest BCUT2D eigenvalue weighted by molar-refractivity contribution is 14.0. The predicted molar refractivity (Wildman–Crippen MR) is 119 cm³/mol. The Bertz CT molecular complexity index is 566. The van der Waals surface area contributed by atoms with Crippen LogP contribution in [0.3, 0.4) is 0 Å². The van der Waals surface area contributed by atoms with E-state index in [9.17, 15) is 0 Å². The van der Waals surface area contributed by atoms with Crippen LogP contribution in [0, 0.1) is 12.8 Å². The lowest BCUT2D eigenvalue weighted by atomic mass is 10.1. The summed E-state index contributed by atoms with van der Waals surface area (Å²) in [4.78, 5) is 7.20. The van der Waals surface area contributed by atoms with Crippen molar-refractivity contribution in [3.05, 3.63) is 29.3 Å². The minimum absolute atomic E-state index is 0. The van der Waals surface area contributed by atoms with E-state index in [2.05, 4.69) is 43.1 Å². The monoisotopic (exact) mass is 475 g/mol. The highest BCUT2D eigenvalue weighted by atomic mass is 127. The molecule has 0 spiro atoms. The fourth-order valence-corrected chi connectivity index (χ4v) is 3.16. The van der Waals surface area contributed by atoms with Gasteiger partial charge in [0.1, 0.15) is 5.75 Å². The number of halogens is 1. The van der Waals surface area contributed by atoms with E-state index in [1.54, 1.807) is 0 Å². The zero-order valence-electron chi connectivity index (χ0n) is 16.6. The highest BCUT2D eigenvalue weighted by Gasteiger charge is 2.24. The minimum atomic E-state index is 0. The Morgan fingerprint density at radius 2 is 2.08 bits per heavy atom. The maximum absolute atomic E-state index is 5.61. The molecule has 1 saturated heterocycles. The summed E-state index contributed by atoms with van der Waals surface area (Å²) >= 11 is 0. The zero-order chi connectivity index (χ0) is 18.1. The van der Waals surface area contributed by atoms with E-state index < -0.39 is 0 Å². The van der Waals surface area contributed by atoms with Crippen LogP contribution in [0.1, 0.15) is 38.3 Å². The second-order valence-electron chi connectivity index (χ2n) is 6.46. The van der Waals surface area contributed by atoms with Crippen molar-refractivity contribution in [1.82, 2.24) is 10.2 Å². The maximum atomic E-state index is 5.61. The Morgan fingerprint density at radius 3 is 2.73 bits per heavy atom. The second-order valence-corrected chi connectivity index (χ2v) is 6.46. The van der Waals surface area contributed by atoms with Gasteiger partial charge in [-0.25, -0.2) is 4.99 Å². The lowest BCUT2D eigenvalue weighted by molar-refractivity contribution is 0.114. The number of benzene rings is 1. The van der Waals surface area contributed by atoms with E-state index in [4.69, 9.17) is 14.5 Å². The van der Waals surface area contributed by atoms with Gasteiger partial charge in [-0.15, -0.1) is 24.0 Å². The van der Waals surface area contributed by atoms with Crippen LogP contribution in [-0.4, -0.2) is 50.3 Å². The molecule has 1 unspecified atom stereocenters. The third-order valence-corrected chi connectivity index (χ3v) is 4.43. The molecule has 0 aromatic heterocycles. The lowest BCUT2D eigenvalue weighted by Crippen LogP contribution is -2.40. The van der Waals surface area contributed by atoms with Gasteiger partial charge in [0.25, 0.3) is 0 Å². The Labute approximate surface area is 175 Å². The van der Waals surface area contributed by atoms with Gasteiger partial charge in [0.15, 0.2) is 5.96 Å². The number of ether oxygens (including phenoxy) is 2. The van der Waals surface area contributed by atoms with Gasteiger partial charge in [0.05, 0.1) is 19.8 Å². The first kappa shape index (κ1) is 23.0. The fourth-order valence-electron chi connectivity index (χ4n) is 3.16. The number of rotatable bonds is 8. The molecule has 5 nitrogen and oxygen atoms in total. The van der Waals surface area contributed by atoms with Gasteiger partial charge in [-0.2, -0.15) is 0 Å². The molecule has 1 heterocycles. The van der Waals surface area contributed by atoms with Crippen molar-refractivity contribution in [2.75, 3.05) is 39.5 Å². The van der Waals surface area contributed by atoms with E-state index in [1.165, 1.54) is 12.0 Å². The smallest absolute Gasteiger partial charge is 0.194 e. The molecule has 0 bridgehead atoms. The van der Waals surface area contributed by atoms with Gasteiger partial charge in [0, 0.05) is 32.2 Å². The summed E-state index contributed by atoms with van der Waals surface area (Å²) in [5.74, 6) is 2.57. The van der Waals surface area contributed by atoms with Crippen LogP contribution in [0.2, 0.25) is 0 Å². The van der Waals surface area contributed by atoms with Crippen LogP contribution < -0.4 is 10.1 Å². The van der Waals surface area contributed by atoms with Crippen molar-refractivity contribution in [2.24, 2.45) is 10.9 Å². The van der Waals surface area contributed by atoms with Crippen molar-refractivity contribution in [3.8, 4) is 5.75 Å². The first-order valence-electron chi connectivity index (χ1n) is 9.51. The number of aryl methyl sites for hydroxylation is 1. The molecule has 0 aliphatic carbocycles. The van der Waals surface area contributed by atoms with E-state index in [0.717, 1.165) is 50.1 Å². The normalized spacial score (nSPS) is 17.2. The minimum Gasteiger partial charge on any atom is -0.494 e. The molecule has 26 heavy (non-hydrogen) atoms. The Hall–Kier alpha value is -1.02. The van der Waals surface area contributed by atoms with Crippen LogP contribution >= 0.6 is 24.0 Å². The van der Waals surface area contributed by atoms with Crippen LogP contribution in [-0.2, 0) is 11.3 Å². The van der Waals surface area contributed by atoms with E-state index in [1.807, 2.05) is 13.0 Å². The van der Waals surface area contributed by atoms with Crippen LogP contribution in [0.4, 0.5) is 0 Å². The number of hydrogen-bond acceptors (Lipinski definition) is 3. The number of nitrogens with one attached hydrogen (secondary N) is 1. The summed E-state index contributed by atoms with van der Waals surface area (Å²) in [7, 11) is 0. The van der Waals surface area contributed by atoms with Gasteiger partial charge in [-0.3, -0.25) is 0 Å². The maximum Gasteiger partial charge on any atom is 0.194 e. The third kappa shape index (κ3) is 6.95. The van der Waals surface area contributed by atoms with Gasteiger partial charge in [-0.05, 0) is 51.3 Å². The topological polar surface area (TPSA) is 46.1 Å². The van der Waals surface area contributed by atoms with Crippen molar-refractivity contribution >= 4 is 29.9 Å². The molecule has 0 radical (unpaired) electrons. The van der Waals surface area contributed by atoms with Crippen molar-refractivity contribution in [2.45, 2.75) is 40.7 Å². The summed E-state index contributed by atoms with van der Waals surface area (Å²) < 4.78 is 11.2. The number of aliphatic imine (C=N–C) groups is 1. The SMILES string of the molecule is CCNC(=NCc1ccc(OCC)c(C)c1)N1CCC(COCC)C1.I. The standard InChI is InChI=1S/C20H33N3O2.HI/c1-5-21-20(23-11-10-18(14-23)15-24-6-2)22-13-17-8-9-19(25-7-3)16(4)12-17;/h8-9,12,18H,5-7,10-11,13-15H2,1-4H3,(H,21,22);1H. The Morgan fingerprint density at radius 1 is 1.27 bits per heavy atom. The highest BCUT2D eigenvalue weighted by Crippen LogP contribution is 2.20. The molecule has 1 aromatic carbocycles. The molecule has 1 aromatic rings. The molecule has 0 saturated carbocycles. The summed E-state index contributed by atoms with van der Waals surface area (Å²) in [6.45, 7) is 14.2. The van der Waals surface area contributed by atoms with Crippen molar-refractivity contribution < 1.29 is 9.47 Å². The average molecular weight is 475 g/mol. The predicted octanol–water partition coefficient (Wildman–Crippen LogP) is 3.84. The van der Waals surface area contributed by atoms with Crippen molar-refractivity contribution in [1.29, 1.82) is 0 Å². The molecule has 2 rings (SSSR count). The molecule has 148 valence electrons. The molecule has 1 aliphatic heterocycles. The first-order valence-corrected chi connectivity index (χ1v) is 9.51. The molecule has 1 atom stereocenters. The Kier molecular flexibility index (Phi) is 11.0. The summed E-state index contributed by atoms with van der Waals surface area (Å²) in [5.41, 5.74) is 2.37. The number of hydrogen-bond donors (Lipinski definition) is 1. The third-order valence-electron chi connectivity index (χ3n) is 4.43. The lowest BCUT2D eigenvalue weighted by Gasteiger charge is -2.21. The van der Waals surface area contributed by atoms with E-state index >= 15 is 0 Å². The largest absolute Gasteiger partial charge is 0.494 e. The molecular weight excluding hydrogens is 441 g/mol. The fraction of sp³-hybridized carbons (Fsp3) is 0.650. The molecule has 1 N–H and O–H groups in total. The summed E-state index contributed by atoms with van der Waals surface area (Å²) in [6.07, 6.45) is 1.17. The first-order chi connectivity index (χ1) is 12.2. The average Bonchev–Trinajstić information content (AvgIpc) is 3.08. The van der Waals surface area contributed by atoms with Gasteiger partial charge < -0.3 is 19.7 Å². The second kappa shape index (κ2) is 12.4. The van der Waals surface area contributed by atoms with E-state index in [0.29, 0.717) is 19.1 Å². The molecule has 1 fully saturated rings. The molecular formula is C20H34IN3O2. The van der Waals surface area contributed by atoms with Gasteiger partial charge in [-0.1, -0.05) is 12.1 Å². The molecule has 6 heteroatoms. The number of likely N-dealkylation sites (tertiary alicyclic amines) is 1. The van der Waals surface area contributed by atoms with Crippen LogP contribution in [0.5, 0.6) is 5.75 Å². The van der Waals surface area contributed by atoms with Crippen LogP contribution in [0.15, 0.2) is 23.2 Å². The van der Waals surface area contributed by atoms with Crippen molar-refractivity contribution in [3.63, 3.8) is 0 Å². The van der Waals surface area contributed by atoms with Gasteiger partial charge in [0.2, 0.25) is 0 Å².